The molecule has 1 amide bonds. The lowest BCUT2D eigenvalue weighted by Gasteiger charge is -2.19. The van der Waals surface area contributed by atoms with E-state index in [9.17, 15) is 18.0 Å². The maximum absolute atomic E-state index is 13.1. The second-order valence-corrected chi connectivity index (χ2v) is 9.89. The van der Waals surface area contributed by atoms with Gasteiger partial charge in [-0.25, -0.2) is 13.4 Å². The lowest BCUT2D eigenvalue weighted by molar-refractivity contribution is 0.102. The highest BCUT2D eigenvalue weighted by Crippen LogP contribution is 2.31. The van der Waals surface area contributed by atoms with Gasteiger partial charge >= 0.3 is 0 Å². The minimum Gasteiger partial charge on any atom is -0.492 e. The van der Waals surface area contributed by atoms with Gasteiger partial charge in [0.15, 0.2) is 5.16 Å². The highest BCUT2D eigenvalue weighted by molar-refractivity contribution is 7.99. The van der Waals surface area contributed by atoms with Crippen LogP contribution in [0.3, 0.4) is 0 Å². The van der Waals surface area contributed by atoms with Crippen molar-refractivity contribution in [2.45, 2.75) is 36.4 Å². The van der Waals surface area contributed by atoms with Gasteiger partial charge in [-0.2, -0.15) is 4.31 Å². The molecule has 0 aliphatic carbocycles. The van der Waals surface area contributed by atoms with E-state index in [1.807, 2.05) is 0 Å². The summed E-state index contributed by atoms with van der Waals surface area (Å²) in [6.45, 7) is 3.51. The Balaban J connectivity index is 1.65. The molecule has 0 radical (unpaired) electrons. The Labute approximate surface area is 178 Å². The third kappa shape index (κ3) is 3.84. The van der Waals surface area contributed by atoms with Crippen LogP contribution in [0.1, 0.15) is 30.1 Å². The largest absolute Gasteiger partial charge is 0.492 e. The Hall–Kier alpha value is -2.37. The summed E-state index contributed by atoms with van der Waals surface area (Å²) in [6.07, 6.45) is 2.89. The lowest BCUT2D eigenvalue weighted by Crippen LogP contribution is -2.30. The molecule has 0 bridgehead atoms. The van der Waals surface area contributed by atoms with E-state index in [0.29, 0.717) is 31.4 Å². The summed E-state index contributed by atoms with van der Waals surface area (Å²) in [7, 11) is -3.75. The number of nitrogens with zero attached hydrogens (tertiary/aromatic N) is 3. The van der Waals surface area contributed by atoms with Gasteiger partial charge in [0, 0.05) is 37.3 Å². The number of amides is 1. The number of sulfonamides is 1. The highest BCUT2D eigenvalue weighted by atomic mass is 32.2. The number of aromatic nitrogens is 2. The van der Waals surface area contributed by atoms with Crippen LogP contribution in [0.4, 0.5) is 5.69 Å². The molecule has 0 spiro atoms. The molecule has 2 aliphatic heterocycles. The second kappa shape index (κ2) is 8.40. The Bertz CT molecular complexity index is 1140. The predicted octanol–water partition coefficient (Wildman–Crippen LogP) is 1.78. The molecule has 2 aromatic rings. The summed E-state index contributed by atoms with van der Waals surface area (Å²) in [5.74, 6) is 0.344. The van der Waals surface area contributed by atoms with Crippen molar-refractivity contribution in [3.63, 3.8) is 0 Å². The molecule has 0 atom stereocenters. The molecule has 4 rings (SSSR count). The van der Waals surface area contributed by atoms with Crippen molar-refractivity contribution >= 4 is 33.4 Å². The zero-order valence-corrected chi connectivity index (χ0v) is 18.1. The molecule has 30 heavy (non-hydrogen) atoms. The van der Waals surface area contributed by atoms with Gasteiger partial charge in [-0.15, -0.1) is 0 Å². The van der Waals surface area contributed by atoms with Crippen LogP contribution < -0.4 is 15.6 Å². The number of carbonyl (C=O) groups excluding carboxylic acids is 1. The van der Waals surface area contributed by atoms with E-state index >= 15 is 0 Å². The van der Waals surface area contributed by atoms with Gasteiger partial charge in [0.25, 0.3) is 11.5 Å². The fraction of sp³-hybridized carbons (Fsp3) is 0.421. The van der Waals surface area contributed by atoms with Crippen molar-refractivity contribution < 1.29 is 17.9 Å². The number of fused-ring (bicyclic) bond motifs is 1. The van der Waals surface area contributed by atoms with Crippen LogP contribution in [-0.2, 0) is 16.6 Å². The SMILES string of the molecule is CCOc1ccc(NC(=O)c2cnc3n(c2=O)CCS3)cc1S(=O)(=O)N1CCCC1. The number of benzene rings is 1. The summed E-state index contributed by atoms with van der Waals surface area (Å²) in [4.78, 5) is 29.4. The normalized spacial score (nSPS) is 16.4. The molecule has 1 aromatic heterocycles. The minimum atomic E-state index is -3.75. The molecule has 0 saturated carbocycles. The topological polar surface area (TPSA) is 111 Å². The predicted molar refractivity (Wildman–Crippen MR) is 113 cm³/mol. The van der Waals surface area contributed by atoms with E-state index in [1.165, 1.54) is 39.0 Å². The zero-order chi connectivity index (χ0) is 21.3. The summed E-state index contributed by atoms with van der Waals surface area (Å²) in [5.41, 5.74) is -0.224. The average Bonchev–Trinajstić information content (AvgIpc) is 3.42. The highest BCUT2D eigenvalue weighted by Gasteiger charge is 2.30. The number of hydrogen-bond acceptors (Lipinski definition) is 7. The first kappa shape index (κ1) is 20.9. The quantitative estimate of drug-likeness (QED) is 0.668. The van der Waals surface area contributed by atoms with Crippen molar-refractivity contribution in [2.24, 2.45) is 0 Å². The maximum Gasteiger partial charge on any atom is 0.267 e. The Morgan fingerprint density at radius 1 is 1.27 bits per heavy atom. The second-order valence-electron chi connectivity index (χ2n) is 6.92. The zero-order valence-electron chi connectivity index (χ0n) is 16.5. The van der Waals surface area contributed by atoms with E-state index in [0.717, 1.165) is 18.6 Å². The Morgan fingerprint density at radius 3 is 2.77 bits per heavy atom. The minimum absolute atomic E-state index is 0.00394. The monoisotopic (exact) mass is 450 g/mol. The fourth-order valence-corrected chi connectivity index (χ4v) is 6.09. The number of carbonyl (C=O) groups is 1. The molecule has 11 heteroatoms. The Morgan fingerprint density at radius 2 is 2.03 bits per heavy atom. The lowest BCUT2D eigenvalue weighted by atomic mass is 10.2. The van der Waals surface area contributed by atoms with E-state index in [1.54, 1.807) is 13.0 Å². The summed E-state index contributed by atoms with van der Waals surface area (Å²) in [6, 6.07) is 4.46. The molecule has 1 aromatic carbocycles. The number of ether oxygens (including phenoxy) is 1. The smallest absolute Gasteiger partial charge is 0.267 e. The first-order valence-corrected chi connectivity index (χ1v) is 12.2. The van der Waals surface area contributed by atoms with Gasteiger partial charge in [-0.05, 0) is 38.0 Å². The molecule has 1 fully saturated rings. The maximum atomic E-state index is 13.1. The Kier molecular flexibility index (Phi) is 5.85. The molecule has 1 N–H and O–H groups in total. The van der Waals surface area contributed by atoms with Crippen LogP contribution in [0.5, 0.6) is 5.75 Å². The first-order valence-electron chi connectivity index (χ1n) is 9.73. The van der Waals surface area contributed by atoms with Crippen LogP contribution in [0, 0.1) is 0 Å². The summed E-state index contributed by atoms with van der Waals surface area (Å²) < 4.78 is 34.6. The first-order chi connectivity index (χ1) is 14.4. The standard InChI is InChI=1S/C19H22N4O5S2/c1-2-28-15-6-5-13(11-16(15)30(26,27)22-7-3-4-8-22)21-17(24)14-12-20-19-23(18(14)25)9-10-29-19/h5-6,11-12H,2-4,7-10H2,1H3,(H,21,24). The van der Waals surface area contributed by atoms with E-state index in [2.05, 4.69) is 10.3 Å². The molecular weight excluding hydrogens is 428 g/mol. The molecule has 3 heterocycles. The van der Waals surface area contributed by atoms with Crippen LogP contribution in [-0.4, -0.2) is 53.6 Å². The van der Waals surface area contributed by atoms with Crippen LogP contribution in [0.15, 0.2) is 39.2 Å². The molecule has 160 valence electrons. The summed E-state index contributed by atoms with van der Waals surface area (Å²) >= 11 is 1.46. The van der Waals surface area contributed by atoms with Gasteiger partial charge in [0.2, 0.25) is 10.0 Å². The van der Waals surface area contributed by atoms with Crippen molar-refractivity contribution in [3.05, 3.63) is 40.3 Å². The van der Waals surface area contributed by atoms with E-state index in [-0.39, 0.29) is 21.9 Å². The molecule has 9 nitrogen and oxygen atoms in total. The number of thioether (sulfide) groups is 1. The van der Waals surface area contributed by atoms with Gasteiger partial charge < -0.3 is 10.1 Å². The van der Waals surface area contributed by atoms with E-state index in [4.69, 9.17) is 4.74 Å². The van der Waals surface area contributed by atoms with Crippen molar-refractivity contribution in [3.8, 4) is 5.75 Å². The fourth-order valence-electron chi connectivity index (χ4n) is 3.50. The van der Waals surface area contributed by atoms with Gasteiger partial charge in [0.1, 0.15) is 16.2 Å². The average molecular weight is 451 g/mol. The van der Waals surface area contributed by atoms with Crippen LogP contribution >= 0.6 is 11.8 Å². The molecule has 0 unspecified atom stereocenters. The van der Waals surface area contributed by atoms with Crippen LogP contribution in [0.25, 0.3) is 0 Å². The van der Waals surface area contributed by atoms with Gasteiger partial charge in [-0.3, -0.25) is 14.2 Å². The molecule has 2 aliphatic rings. The number of rotatable bonds is 6. The van der Waals surface area contributed by atoms with Crippen molar-refractivity contribution in [1.82, 2.24) is 13.9 Å². The van der Waals surface area contributed by atoms with Crippen molar-refractivity contribution in [1.29, 1.82) is 0 Å². The number of hydrogen-bond donors (Lipinski definition) is 1. The third-order valence-electron chi connectivity index (χ3n) is 4.99. The van der Waals surface area contributed by atoms with Crippen molar-refractivity contribution in [2.75, 3.05) is 30.8 Å². The molecular formula is C19H22N4O5S2. The number of nitrogens with one attached hydrogen (secondary N) is 1. The van der Waals surface area contributed by atoms with Gasteiger partial charge in [-0.1, -0.05) is 11.8 Å². The molecule has 1 saturated heterocycles. The van der Waals surface area contributed by atoms with Crippen LogP contribution in [0.2, 0.25) is 0 Å². The number of anilines is 1. The van der Waals surface area contributed by atoms with Gasteiger partial charge in [0.05, 0.1) is 6.61 Å². The summed E-state index contributed by atoms with van der Waals surface area (Å²) in [5, 5.41) is 3.22. The third-order valence-corrected chi connectivity index (χ3v) is 7.88. The van der Waals surface area contributed by atoms with E-state index < -0.39 is 21.5 Å².